The summed E-state index contributed by atoms with van der Waals surface area (Å²) in [4.78, 5) is 0. The van der Waals surface area contributed by atoms with Gasteiger partial charge < -0.3 is 10.2 Å². The molecule has 0 saturated carbocycles. The summed E-state index contributed by atoms with van der Waals surface area (Å²) in [7, 11) is 0. The molecular formula is C10H14O2S. The molecule has 1 aromatic carbocycles. The Morgan fingerprint density at radius 3 is 2.69 bits per heavy atom. The Morgan fingerprint density at radius 2 is 2.08 bits per heavy atom. The van der Waals surface area contributed by atoms with E-state index in [1.54, 1.807) is 6.07 Å². The van der Waals surface area contributed by atoms with Crippen LogP contribution in [0.3, 0.4) is 0 Å². The van der Waals surface area contributed by atoms with Crippen LogP contribution in [0, 0.1) is 5.92 Å². The molecule has 0 bridgehead atoms. The van der Waals surface area contributed by atoms with Gasteiger partial charge in [-0.3, -0.25) is 0 Å². The van der Waals surface area contributed by atoms with Gasteiger partial charge >= 0.3 is 0 Å². The predicted molar refractivity (Wildman–Crippen MR) is 56.5 cm³/mol. The van der Waals surface area contributed by atoms with E-state index in [1.807, 2.05) is 0 Å². The van der Waals surface area contributed by atoms with Gasteiger partial charge in [-0.25, -0.2) is 0 Å². The monoisotopic (exact) mass is 198 g/mol. The zero-order chi connectivity index (χ0) is 9.84. The van der Waals surface area contributed by atoms with E-state index in [-0.39, 0.29) is 11.5 Å². The number of rotatable bonds is 3. The molecule has 0 saturated heterocycles. The summed E-state index contributed by atoms with van der Waals surface area (Å²) in [6.45, 7) is 2.05. The Bertz CT molecular complexity index is 286. The summed E-state index contributed by atoms with van der Waals surface area (Å²) in [6.07, 6.45) is 0.740. The van der Waals surface area contributed by atoms with Crippen LogP contribution in [0.5, 0.6) is 11.5 Å². The molecule has 0 aromatic heterocycles. The number of hydrogen-bond donors (Lipinski definition) is 3. The van der Waals surface area contributed by atoms with Gasteiger partial charge in [-0.2, -0.15) is 12.6 Å². The average molecular weight is 198 g/mol. The fourth-order valence-electron chi connectivity index (χ4n) is 1.18. The van der Waals surface area contributed by atoms with E-state index in [4.69, 9.17) is 0 Å². The molecule has 0 heterocycles. The third kappa shape index (κ3) is 2.84. The Kier molecular flexibility index (Phi) is 3.48. The van der Waals surface area contributed by atoms with E-state index in [1.165, 1.54) is 12.1 Å². The van der Waals surface area contributed by atoms with Crippen LogP contribution in [0.2, 0.25) is 0 Å². The first-order valence-electron chi connectivity index (χ1n) is 4.25. The molecule has 0 aliphatic carbocycles. The van der Waals surface area contributed by atoms with Crippen LogP contribution in [-0.2, 0) is 6.42 Å². The molecule has 1 rings (SSSR count). The lowest BCUT2D eigenvalue weighted by atomic mass is 10.0. The number of hydrogen-bond acceptors (Lipinski definition) is 3. The van der Waals surface area contributed by atoms with Gasteiger partial charge in [0.25, 0.3) is 0 Å². The molecule has 3 heteroatoms. The fourth-order valence-corrected chi connectivity index (χ4v) is 1.30. The van der Waals surface area contributed by atoms with E-state index in [9.17, 15) is 10.2 Å². The number of thiol groups is 1. The van der Waals surface area contributed by atoms with Crippen molar-refractivity contribution in [2.24, 2.45) is 5.92 Å². The quantitative estimate of drug-likeness (QED) is 0.515. The normalized spacial score (nSPS) is 12.8. The molecule has 0 spiro atoms. The van der Waals surface area contributed by atoms with Crippen molar-refractivity contribution in [3.63, 3.8) is 0 Å². The topological polar surface area (TPSA) is 40.5 Å². The molecule has 72 valence electrons. The van der Waals surface area contributed by atoms with Crippen LogP contribution in [0.25, 0.3) is 0 Å². The second kappa shape index (κ2) is 4.42. The van der Waals surface area contributed by atoms with Gasteiger partial charge in [0, 0.05) is 0 Å². The first-order chi connectivity index (χ1) is 6.13. The molecule has 1 aromatic rings. The van der Waals surface area contributed by atoms with E-state index < -0.39 is 0 Å². The van der Waals surface area contributed by atoms with Crippen molar-refractivity contribution in [2.75, 3.05) is 5.75 Å². The molecule has 0 fully saturated rings. The van der Waals surface area contributed by atoms with Crippen LogP contribution >= 0.6 is 12.6 Å². The minimum absolute atomic E-state index is 0.194. The zero-order valence-electron chi connectivity index (χ0n) is 7.57. The Labute approximate surface area is 83.6 Å². The third-order valence-corrected chi connectivity index (χ3v) is 2.57. The summed E-state index contributed by atoms with van der Waals surface area (Å²) in [5, 5.41) is 18.6. The minimum atomic E-state index is 0.194. The molecular weight excluding hydrogens is 184 g/mol. The lowest BCUT2D eigenvalue weighted by Gasteiger charge is -2.09. The van der Waals surface area contributed by atoms with Gasteiger partial charge in [0.05, 0.1) is 0 Å². The zero-order valence-corrected chi connectivity index (χ0v) is 8.46. The highest BCUT2D eigenvalue weighted by Gasteiger charge is 2.06. The SMILES string of the molecule is CC(CS)Cc1cc(O)ccc1O. The summed E-state index contributed by atoms with van der Waals surface area (Å²) < 4.78 is 0. The van der Waals surface area contributed by atoms with Gasteiger partial charge in [-0.15, -0.1) is 0 Å². The Hall–Kier alpha value is -0.830. The maximum absolute atomic E-state index is 9.44. The summed E-state index contributed by atoms with van der Waals surface area (Å²) in [5.41, 5.74) is 0.779. The molecule has 2 N–H and O–H groups in total. The second-order valence-corrected chi connectivity index (χ2v) is 3.67. The van der Waals surface area contributed by atoms with Gasteiger partial charge in [0.2, 0.25) is 0 Å². The van der Waals surface area contributed by atoms with E-state index >= 15 is 0 Å². The van der Waals surface area contributed by atoms with Gasteiger partial charge in [-0.05, 0) is 41.9 Å². The standard InChI is InChI=1S/C10H14O2S/c1-7(6-13)4-8-5-9(11)2-3-10(8)12/h2-3,5,7,11-13H,4,6H2,1H3. The average Bonchev–Trinajstić information content (AvgIpc) is 2.11. The van der Waals surface area contributed by atoms with E-state index in [2.05, 4.69) is 19.6 Å². The molecule has 13 heavy (non-hydrogen) atoms. The highest BCUT2D eigenvalue weighted by Crippen LogP contribution is 2.24. The molecule has 0 amide bonds. The van der Waals surface area contributed by atoms with Crippen molar-refractivity contribution in [3.05, 3.63) is 23.8 Å². The highest BCUT2D eigenvalue weighted by atomic mass is 32.1. The molecule has 2 nitrogen and oxygen atoms in total. The molecule has 1 unspecified atom stereocenters. The van der Waals surface area contributed by atoms with Crippen molar-refractivity contribution in [3.8, 4) is 11.5 Å². The molecule has 0 aliphatic heterocycles. The smallest absolute Gasteiger partial charge is 0.119 e. The number of benzene rings is 1. The maximum Gasteiger partial charge on any atom is 0.119 e. The molecule has 1 atom stereocenters. The van der Waals surface area contributed by atoms with Crippen LogP contribution in [0.4, 0.5) is 0 Å². The molecule has 0 radical (unpaired) electrons. The largest absolute Gasteiger partial charge is 0.508 e. The lowest BCUT2D eigenvalue weighted by molar-refractivity contribution is 0.450. The first-order valence-corrected chi connectivity index (χ1v) is 4.88. The number of phenols is 2. The molecule has 0 aliphatic rings. The van der Waals surface area contributed by atoms with Crippen molar-refractivity contribution < 1.29 is 10.2 Å². The van der Waals surface area contributed by atoms with Gasteiger partial charge in [-0.1, -0.05) is 6.92 Å². The second-order valence-electron chi connectivity index (χ2n) is 3.30. The summed E-state index contributed by atoms with van der Waals surface area (Å²) in [5.74, 6) is 1.61. The van der Waals surface area contributed by atoms with Crippen molar-refractivity contribution >= 4 is 12.6 Å². The van der Waals surface area contributed by atoms with Crippen molar-refractivity contribution in [1.82, 2.24) is 0 Å². The van der Waals surface area contributed by atoms with Crippen molar-refractivity contribution in [1.29, 1.82) is 0 Å². The summed E-state index contributed by atoms with van der Waals surface area (Å²) >= 11 is 4.16. The number of phenolic OH excluding ortho intramolecular Hbond substituents is 2. The third-order valence-electron chi connectivity index (χ3n) is 1.94. The van der Waals surface area contributed by atoms with Gasteiger partial charge in [0.1, 0.15) is 11.5 Å². The summed E-state index contributed by atoms with van der Waals surface area (Å²) in [6, 6.07) is 4.58. The predicted octanol–water partition coefficient (Wildman–Crippen LogP) is 2.21. The lowest BCUT2D eigenvalue weighted by Crippen LogP contribution is -2.00. The van der Waals surface area contributed by atoms with E-state index in [0.717, 1.165) is 17.7 Å². The number of aromatic hydroxyl groups is 2. The minimum Gasteiger partial charge on any atom is -0.508 e. The van der Waals surface area contributed by atoms with Crippen LogP contribution in [0.1, 0.15) is 12.5 Å². The highest BCUT2D eigenvalue weighted by molar-refractivity contribution is 7.80. The van der Waals surface area contributed by atoms with Gasteiger partial charge in [0.15, 0.2) is 0 Å². The first kappa shape index (κ1) is 10.3. The van der Waals surface area contributed by atoms with Crippen LogP contribution < -0.4 is 0 Å². The van der Waals surface area contributed by atoms with Crippen molar-refractivity contribution in [2.45, 2.75) is 13.3 Å². The van der Waals surface area contributed by atoms with Crippen LogP contribution in [-0.4, -0.2) is 16.0 Å². The Morgan fingerprint density at radius 1 is 1.38 bits per heavy atom. The fraction of sp³-hybridized carbons (Fsp3) is 0.400. The maximum atomic E-state index is 9.44. The van der Waals surface area contributed by atoms with E-state index in [0.29, 0.717) is 5.92 Å². The Balaban J connectivity index is 2.81. The van der Waals surface area contributed by atoms with Crippen LogP contribution in [0.15, 0.2) is 18.2 Å².